The Morgan fingerprint density at radius 1 is 1.03 bits per heavy atom. The first-order chi connectivity index (χ1) is 16.3. The third kappa shape index (κ3) is 6.90. The molecule has 4 rings (SSSR count). The Kier molecular flexibility index (Phi) is 8.06. The smallest absolute Gasteiger partial charge is 0.181 e. The number of rotatable bonds is 9. The first kappa shape index (κ1) is 24.9. The number of aryl methyl sites for hydroxylation is 3. The summed E-state index contributed by atoms with van der Waals surface area (Å²) < 4.78 is 0. The van der Waals surface area contributed by atoms with Crippen LogP contribution in [-0.4, -0.2) is 10.8 Å². The average Bonchev–Trinajstić information content (AvgIpc) is 3.22. The molecule has 0 saturated heterocycles. The highest BCUT2D eigenvalue weighted by Gasteiger charge is 2.23. The molecule has 0 spiro atoms. The van der Waals surface area contributed by atoms with Crippen LogP contribution in [0.2, 0.25) is 0 Å². The van der Waals surface area contributed by atoms with E-state index >= 15 is 0 Å². The number of pyridine rings is 1. The number of carbonyl (C=O) groups excluding carboxylic acids is 1. The van der Waals surface area contributed by atoms with E-state index in [-0.39, 0.29) is 5.78 Å². The van der Waals surface area contributed by atoms with Gasteiger partial charge >= 0.3 is 0 Å². The minimum Gasteiger partial charge on any atom is -0.292 e. The molecule has 0 N–H and O–H groups in total. The molecule has 1 aromatic carbocycles. The van der Waals surface area contributed by atoms with Crippen LogP contribution >= 0.6 is 0 Å². The minimum absolute atomic E-state index is 0.197. The first-order valence-electron chi connectivity index (χ1n) is 13.5. The number of carbonyl (C=O) groups is 1. The molecular formula is C32H43NO. The summed E-state index contributed by atoms with van der Waals surface area (Å²) in [6.45, 7) is 11.2. The number of hydrogen-bond acceptors (Lipinski definition) is 2. The van der Waals surface area contributed by atoms with Gasteiger partial charge < -0.3 is 0 Å². The monoisotopic (exact) mass is 457 g/mol. The van der Waals surface area contributed by atoms with E-state index in [9.17, 15) is 4.79 Å². The molecule has 0 aliphatic heterocycles. The number of allylic oxidation sites excluding steroid dienone is 1. The molecule has 2 aliphatic carbocycles. The van der Waals surface area contributed by atoms with Gasteiger partial charge in [-0.1, -0.05) is 57.2 Å². The van der Waals surface area contributed by atoms with Crippen LogP contribution in [0.1, 0.15) is 105 Å². The van der Waals surface area contributed by atoms with Gasteiger partial charge in [-0.25, -0.2) is 0 Å². The van der Waals surface area contributed by atoms with Gasteiger partial charge in [0.1, 0.15) is 5.69 Å². The van der Waals surface area contributed by atoms with E-state index in [0.29, 0.717) is 29.4 Å². The molecule has 0 radical (unpaired) electrons. The van der Waals surface area contributed by atoms with Crippen molar-refractivity contribution in [3.8, 4) is 0 Å². The van der Waals surface area contributed by atoms with Crippen LogP contribution < -0.4 is 0 Å². The Balaban J connectivity index is 1.26. The summed E-state index contributed by atoms with van der Waals surface area (Å²) in [5.41, 5.74) is 8.12. The van der Waals surface area contributed by atoms with Crippen LogP contribution in [0.3, 0.4) is 0 Å². The molecule has 2 heteroatoms. The van der Waals surface area contributed by atoms with Crippen molar-refractivity contribution in [3.63, 3.8) is 0 Å². The molecule has 1 heterocycles. The number of ketones is 1. The van der Waals surface area contributed by atoms with Crippen LogP contribution in [0.25, 0.3) is 0 Å². The number of aromatic nitrogens is 1. The van der Waals surface area contributed by atoms with Crippen molar-refractivity contribution in [1.29, 1.82) is 0 Å². The third-order valence-electron chi connectivity index (χ3n) is 7.99. The lowest BCUT2D eigenvalue weighted by Gasteiger charge is -2.25. The lowest BCUT2D eigenvalue weighted by atomic mass is 9.80. The fourth-order valence-electron chi connectivity index (χ4n) is 5.81. The van der Waals surface area contributed by atoms with Gasteiger partial charge in [0, 0.05) is 12.6 Å². The van der Waals surface area contributed by atoms with E-state index in [1.54, 1.807) is 0 Å². The van der Waals surface area contributed by atoms with E-state index in [1.165, 1.54) is 66.4 Å². The van der Waals surface area contributed by atoms with E-state index in [2.05, 4.69) is 56.6 Å². The second-order valence-electron chi connectivity index (χ2n) is 12.1. The van der Waals surface area contributed by atoms with E-state index in [1.807, 2.05) is 12.3 Å². The lowest BCUT2D eigenvalue weighted by Crippen LogP contribution is -2.18. The van der Waals surface area contributed by atoms with Crippen molar-refractivity contribution >= 4 is 5.78 Å². The molecule has 1 fully saturated rings. The van der Waals surface area contributed by atoms with Gasteiger partial charge in [-0.2, -0.15) is 0 Å². The summed E-state index contributed by atoms with van der Waals surface area (Å²) >= 11 is 0. The zero-order chi connectivity index (χ0) is 24.1. The van der Waals surface area contributed by atoms with Gasteiger partial charge in [0.2, 0.25) is 0 Å². The molecule has 0 bridgehead atoms. The summed E-state index contributed by atoms with van der Waals surface area (Å²) in [6, 6.07) is 11.1. The quantitative estimate of drug-likeness (QED) is 0.281. The Morgan fingerprint density at radius 2 is 1.85 bits per heavy atom. The van der Waals surface area contributed by atoms with Crippen LogP contribution in [0.5, 0.6) is 0 Å². The maximum absolute atomic E-state index is 12.9. The SMILES string of the molecule is C=C1CCC[C@H]1CCc1ccc(C(=O)C[C@H]2CCc3cc(CCCC(C)(C)C)ccc3C2)nc1. The normalized spacial score (nSPS) is 20.4. The number of benzene rings is 1. The van der Waals surface area contributed by atoms with E-state index in [4.69, 9.17) is 0 Å². The highest BCUT2D eigenvalue weighted by Crippen LogP contribution is 2.33. The molecule has 2 nitrogen and oxygen atoms in total. The maximum Gasteiger partial charge on any atom is 0.181 e. The number of nitrogens with zero attached hydrogens (tertiary/aromatic N) is 1. The minimum atomic E-state index is 0.197. The Morgan fingerprint density at radius 3 is 2.56 bits per heavy atom. The highest BCUT2D eigenvalue weighted by molar-refractivity contribution is 5.94. The predicted molar refractivity (Wildman–Crippen MR) is 142 cm³/mol. The summed E-state index contributed by atoms with van der Waals surface area (Å²) in [5, 5.41) is 0. The summed E-state index contributed by atoms with van der Waals surface area (Å²) in [6.07, 6.45) is 15.4. The predicted octanol–water partition coefficient (Wildman–Crippen LogP) is 8.12. The summed E-state index contributed by atoms with van der Waals surface area (Å²) in [4.78, 5) is 17.5. The Labute approximate surface area is 207 Å². The van der Waals surface area contributed by atoms with Gasteiger partial charge in [-0.3, -0.25) is 9.78 Å². The van der Waals surface area contributed by atoms with Gasteiger partial charge in [-0.15, -0.1) is 0 Å². The molecule has 2 atom stereocenters. The largest absolute Gasteiger partial charge is 0.292 e. The second kappa shape index (κ2) is 11.0. The maximum atomic E-state index is 12.9. The van der Waals surface area contributed by atoms with E-state index < -0.39 is 0 Å². The highest BCUT2D eigenvalue weighted by atomic mass is 16.1. The zero-order valence-electron chi connectivity index (χ0n) is 21.7. The van der Waals surface area contributed by atoms with Crippen molar-refractivity contribution in [2.45, 2.75) is 97.8 Å². The first-order valence-corrected chi connectivity index (χ1v) is 13.5. The Bertz CT molecular complexity index is 995. The molecule has 0 amide bonds. The summed E-state index contributed by atoms with van der Waals surface area (Å²) in [5.74, 6) is 1.31. The number of Topliss-reactive ketones (excluding diaryl/α,β-unsaturated/α-hetero) is 1. The van der Waals surface area contributed by atoms with Crippen LogP contribution in [-0.2, 0) is 25.7 Å². The van der Waals surface area contributed by atoms with Gasteiger partial charge in [0.05, 0.1) is 0 Å². The van der Waals surface area contributed by atoms with Crippen molar-refractivity contribution in [2.75, 3.05) is 0 Å². The van der Waals surface area contributed by atoms with Crippen molar-refractivity contribution in [1.82, 2.24) is 4.98 Å². The number of fused-ring (bicyclic) bond motifs is 1. The fourth-order valence-corrected chi connectivity index (χ4v) is 5.81. The van der Waals surface area contributed by atoms with Crippen LogP contribution in [0, 0.1) is 17.3 Å². The van der Waals surface area contributed by atoms with Crippen molar-refractivity contribution < 1.29 is 4.79 Å². The molecule has 2 aromatic rings. The van der Waals surface area contributed by atoms with Crippen LogP contribution in [0.15, 0.2) is 48.7 Å². The average molecular weight is 458 g/mol. The molecule has 0 unspecified atom stereocenters. The lowest BCUT2D eigenvalue weighted by molar-refractivity contribution is 0.0952. The molecule has 182 valence electrons. The van der Waals surface area contributed by atoms with Gasteiger partial charge in [-0.05, 0) is 116 Å². The summed E-state index contributed by atoms with van der Waals surface area (Å²) in [7, 11) is 0. The standard InChI is InChI=1S/C32H43NO/c1-23-7-5-9-27(23)14-11-25-13-17-30(33-22-25)31(34)21-26-12-16-28-19-24(10-15-29(28)20-26)8-6-18-32(2,3)4/h10,13,15,17,19,22,26-27H,1,5-9,11-12,14,16,18,20-21H2,2-4H3/t26-,27-/m0/s1. The molecule has 2 aliphatic rings. The van der Waals surface area contributed by atoms with Gasteiger partial charge in [0.25, 0.3) is 0 Å². The van der Waals surface area contributed by atoms with Gasteiger partial charge in [0.15, 0.2) is 5.78 Å². The second-order valence-corrected chi connectivity index (χ2v) is 12.1. The molecule has 1 saturated carbocycles. The zero-order valence-corrected chi connectivity index (χ0v) is 21.7. The molecular weight excluding hydrogens is 414 g/mol. The Hall–Kier alpha value is -2.22. The van der Waals surface area contributed by atoms with Crippen molar-refractivity contribution in [2.24, 2.45) is 17.3 Å². The van der Waals surface area contributed by atoms with E-state index in [0.717, 1.165) is 32.1 Å². The topological polar surface area (TPSA) is 30.0 Å². The molecule has 1 aromatic heterocycles. The third-order valence-corrected chi connectivity index (χ3v) is 7.99. The number of hydrogen-bond donors (Lipinski definition) is 0. The fraction of sp³-hybridized carbons (Fsp3) is 0.562. The molecule has 34 heavy (non-hydrogen) atoms. The van der Waals surface area contributed by atoms with Crippen molar-refractivity contribution in [3.05, 3.63) is 76.6 Å². The van der Waals surface area contributed by atoms with Crippen LogP contribution in [0.4, 0.5) is 0 Å².